The second-order valence-corrected chi connectivity index (χ2v) is 6.13. The van der Waals surface area contributed by atoms with Gasteiger partial charge in [-0.15, -0.1) is 0 Å². The molecule has 2 atom stereocenters. The number of hydrogen-bond acceptors (Lipinski definition) is 5. The summed E-state index contributed by atoms with van der Waals surface area (Å²) in [6, 6.07) is 0.722. The topological polar surface area (TPSA) is 50.5 Å². The molecule has 1 N–H and O–H groups in total. The van der Waals surface area contributed by atoms with Crippen molar-refractivity contribution in [3.8, 4) is 0 Å². The normalized spacial score (nSPS) is 23.6. The van der Waals surface area contributed by atoms with Crippen LogP contribution in [0, 0.1) is 11.8 Å². The lowest BCUT2D eigenvalue weighted by molar-refractivity contribution is 0.0486. The van der Waals surface area contributed by atoms with E-state index in [-0.39, 0.29) is 6.10 Å². The summed E-state index contributed by atoms with van der Waals surface area (Å²) in [6.45, 7) is 10.2. The fourth-order valence-electron chi connectivity index (χ4n) is 2.53. The molecule has 1 fully saturated rings. The Labute approximate surface area is 121 Å². The Morgan fingerprint density at radius 2 is 2.35 bits per heavy atom. The molecule has 1 saturated heterocycles. The molecule has 1 aromatic heterocycles. The molecule has 5 nitrogen and oxygen atoms in total. The van der Waals surface area contributed by atoms with Gasteiger partial charge in [0.25, 0.3) is 6.01 Å². The Bertz CT molecular complexity index is 406. The standard InChI is InChI=1S/C15H27N3O2/c1-11(2)7-16-8-13-10-20-15(17-13)18-6-5-12(3)14(9-18)19-4/h10-12,14,16H,5-9H2,1-4H3. The first-order chi connectivity index (χ1) is 9.60. The molecule has 0 aromatic carbocycles. The van der Waals surface area contributed by atoms with E-state index in [1.165, 1.54) is 0 Å². The third-order valence-electron chi connectivity index (χ3n) is 3.86. The highest BCUT2D eigenvalue weighted by molar-refractivity contribution is 5.28. The minimum Gasteiger partial charge on any atom is -0.432 e. The van der Waals surface area contributed by atoms with Crippen LogP contribution in [-0.4, -0.2) is 37.8 Å². The molecule has 0 amide bonds. The van der Waals surface area contributed by atoms with Gasteiger partial charge in [-0.3, -0.25) is 0 Å². The number of oxazole rings is 1. The van der Waals surface area contributed by atoms with E-state index in [2.05, 4.69) is 36.0 Å². The lowest BCUT2D eigenvalue weighted by Gasteiger charge is -2.35. The largest absolute Gasteiger partial charge is 0.432 e. The van der Waals surface area contributed by atoms with Gasteiger partial charge >= 0.3 is 0 Å². The smallest absolute Gasteiger partial charge is 0.297 e. The van der Waals surface area contributed by atoms with Gasteiger partial charge in [0.2, 0.25) is 0 Å². The van der Waals surface area contributed by atoms with Crippen LogP contribution in [0.1, 0.15) is 32.9 Å². The Morgan fingerprint density at radius 3 is 3.05 bits per heavy atom. The fraction of sp³-hybridized carbons (Fsp3) is 0.800. The SMILES string of the molecule is COC1CN(c2nc(CNCC(C)C)co2)CCC1C. The molecule has 0 spiro atoms. The molecule has 1 aromatic rings. The molecule has 1 aliphatic rings. The maximum atomic E-state index is 5.61. The average molecular weight is 281 g/mol. The molecule has 20 heavy (non-hydrogen) atoms. The molecule has 2 unspecified atom stereocenters. The molecule has 114 valence electrons. The van der Waals surface area contributed by atoms with Crippen LogP contribution in [0.15, 0.2) is 10.7 Å². The van der Waals surface area contributed by atoms with E-state index in [1.54, 1.807) is 13.4 Å². The molecule has 0 aliphatic carbocycles. The van der Waals surface area contributed by atoms with Crippen LogP contribution in [0.5, 0.6) is 0 Å². The molecule has 1 aliphatic heterocycles. The third-order valence-corrected chi connectivity index (χ3v) is 3.86. The molecular weight excluding hydrogens is 254 g/mol. The van der Waals surface area contributed by atoms with Crippen LogP contribution in [0.3, 0.4) is 0 Å². The van der Waals surface area contributed by atoms with Gasteiger partial charge in [-0.25, -0.2) is 0 Å². The van der Waals surface area contributed by atoms with Crippen molar-refractivity contribution in [1.82, 2.24) is 10.3 Å². The molecule has 2 rings (SSSR count). The Hall–Kier alpha value is -1.07. The maximum absolute atomic E-state index is 5.61. The zero-order valence-corrected chi connectivity index (χ0v) is 13.1. The molecule has 2 heterocycles. The van der Waals surface area contributed by atoms with Gasteiger partial charge < -0.3 is 19.4 Å². The lowest BCUT2D eigenvalue weighted by Crippen LogP contribution is -2.44. The lowest BCUT2D eigenvalue weighted by atomic mass is 9.96. The number of aromatic nitrogens is 1. The summed E-state index contributed by atoms with van der Waals surface area (Å²) in [5.41, 5.74) is 0.966. The zero-order chi connectivity index (χ0) is 14.5. The van der Waals surface area contributed by atoms with Crippen LogP contribution < -0.4 is 10.2 Å². The highest BCUT2D eigenvalue weighted by atomic mass is 16.5. The Morgan fingerprint density at radius 1 is 1.55 bits per heavy atom. The fourth-order valence-corrected chi connectivity index (χ4v) is 2.53. The first-order valence-electron chi connectivity index (χ1n) is 7.53. The zero-order valence-electron chi connectivity index (χ0n) is 13.1. The quantitative estimate of drug-likeness (QED) is 0.867. The van der Waals surface area contributed by atoms with Gasteiger partial charge in [0.1, 0.15) is 6.26 Å². The van der Waals surface area contributed by atoms with Crippen molar-refractivity contribution in [2.45, 2.75) is 39.8 Å². The van der Waals surface area contributed by atoms with Crippen LogP contribution in [0.2, 0.25) is 0 Å². The number of nitrogens with one attached hydrogen (secondary N) is 1. The van der Waals surface area contributed by atoms with E-state index in [9.17, 15) is 0 Å². The molecular formula is C15H27N3O2. The van der Waals surface area contributed by atoms with Gasteiger partial charge in [-0.2, -0.15) is 4.98 Å². The van der Waals surface area contributed by atoms with Crippen molar-refractivity contribution in [2.24, 2.45) is 11.8 Å². The summed E-state index contributed by atoms with van der Waals surface area (Å²) in [5, 5.41) is 3.38. The number of nitrogens with zero attached hydrogens (tertiary/aromatic N) is 2. The van der Waals surface area contributed by atoms with Gasteiger partial charge in [0, 0.05) is 26.7 Å². The maximum Gasteiger partial charge on any atom is 0.297 e. The Balaban J connectivity index is 1.88. The number of piperidine rings is 1. The van der Waals surface area contributed by atoms with Crippen molar-refractivity contribution in [3.05, 3.63) is 12.0 Å². The number of anilines is 1. The second kappa shape index (κ2) is 7.09. The van der Waals surface area contributed by atoms with Crippen molar-refractivity contribution < 1.29 is 9.15 Å². The highest BCUT2D eigenvalue weighted by Gasteiger charge is 2.28. The molecule has 0 saturated carbocycles. The van der Waals surface area contributed by atoms with Crippen molar-refractivity contribution in [2.75, 3.05) is 31.6 Å². The van der Waals surface area contributed by atoms with Gasteiger partial charge in [-0.1, -0.05) is 20.8 Å². The monoisotopic (exact) mass is 281 g/mol. The number of methoxy groups -OCH3 is 1. The molecule has 0 bridgehead atoms. The van der Waals surface area contributed by atoms with Gasteiger partial charge in [0.15, 0.2) is 0 Å². The van der Waals surface area contributed by atoms with Crippen LogP contribution in [0.4, 0.5) is 6.01 Å². The minimum atomic E-state index is 0.262. The van der Waals surface area contributed by atoms with Gasteiger partial charge in [-0.05, 0) is 24.8 Å². The van der Waals surface area contributed by atoms with Crippen molar-refractivity contribution >= 4 is 6.01 Å². The van der Waals surface area contributed by atoms with Crippen molar-refractivity contribution in [3.63, 3.8) is 0 Å². The molecule has 0 radical (unpaired) electrons. The van der Waals surface area contributed by atoms with Crippen molar-refractivity contribution in [1.29, 1.82) is 0 Å². The van der Waals surface area contributed by atoms with E-state index < -0.39 is 0 Å². The predicted molar refractivity (Wildman–Crippen MR) is 79.8 cm³/mol. The highest BCUT2D eigenvalue weighted by Crippen LogP contribution is 2.24. The van der Waals surface area contributed by atoms with E-state index in [0.717, 1.165) is 44.3 Å². The summed E-state index contributed by atoms with van der Waals surface area (Å²) < 4.78 is 11.1. The summed E-state index contributed by atoms with van der Waals surface area (Å²) in [7, 11) is 1.78. The second-order valence-electron chi connectivity index (χ2n) is 6.13. The number of ether oxygens (including phenoxy) is 1. The minimum absolute atomic E-state index is 0.262. The van der Waals surface area contributed by atoms with E-state index >= 15 is 0 Å². The first kappa shape index (κ1) is 15.3. The predicted octanol–water partition coefficient (Wildman–Crippen LogP) is 2.28. The third kappa shape index (κ3) is 3.96. The van der Waals surface area contributed by atoms with Crippen LogP contribution >= 0.6 is 0 Å². The number of hydrogen-bond donors (Lipinski definition) is 1. The summed E-state index contributed by atoms with van der Waals surface area (Å²) in [4.78, 5) is 6.75. The van der Waals surface area contributed by atoms with Crippen LogP contribution in [0.25, 0.3) is 0 Å². The summed E-state index contributed by atoms with van der Waals surface area (Å²) in [6.07, 6.45) is 3.13. The summed E-state index contributed by atoms with van der Waals surface area (Å²) in [5.74, 6) is 1.24. The first-order valence-corrected chi connectivity index (χ1v) is 7.53. The Kier molecular flexibility index (Phi) is 5.43. The summed E-state index contributed by atoms with van der Waals surface area (Å²) >= 11 is 0. The van der Waals surface area contributed by atoms with E-state index in [0.29, 0.717) is 11.8 Å². The van der Waals surface area contributed by atoms with Gasteiger partial charge in [0.05, 0.1) is 11.8 Å². The van der Waals surface area contributed by atoms with E-state index in [1.807, 2.05) is 0 Å². The number of rotatable bonds is 6. The molecule has 5 heteroatoms. The van der Waals surface area contributed by atoms with Crippen LogP contribution in [-0.2, 0) is 11.3 Å². The average Bonchev–Trinajstić information content (AvgIpc) is 2.87. The van der Waals surface area contributed by atoms with E-state index in [4.69, 9.17) is 9.15 Å².